The zero-order chi connectivity index (χ0) is 16.5. The van der Waals surface area contributed by atoms with Crippen molar-refractivity contribution in [2.75, 3.05) is 19.6 Å². The fraction of sp³-hybridized carbons (Fsp3) is 0.733. The molecular formula is C15H25ClN4O2. The van der Waals surface area contributed by atoms with E-state index in [9.17, 15) is 4.79 Å². The number of carbonyl (C=O) groups is 1. The maximum absolute atomic E-state index is 12.2. The summed E-state index contributed by atoms with van der Waals surface area (Å²) in [5.74, 6) is 0.933. The van der Waals surface area contributed by atoms with Gasteiger partial charge in [0.15, 0.2) is 0 Å². The average molecular weight is 329 g/mol. The molecule has 1 aromatic rings. The van der Waals surface area contributed by atoms with Crippen molar-refractivity contribution in [1.82, 2.24) is 19.4 Å². The number of carbonyl (C=O) groups excluding carboxylic acids is 1. The Morgan fingerprint density at radius 1 is 1.45 bits per heavy atom. The van der Waals surface area contributed by atoms with Gasteiger partial charge in [0.05, 0.1) is 12.7 Å². The summed E-state index contributed by atoms with van der Waals surface area (Å²) in [4.78, 5) is 20.6. The monoisotopic (exact) mass is 328 g/mol. The Morgan fingerprint density at radius 3 is 2.64 bits per heavy atom. The second-order valence-corrected chi connectivity index (χ2v) is 7.20. The van der Waals surface area contributed by atoms with Crippen LogP contribution < -0.4 is 0 Å². The van der Waals surface area contributed by atoms with E-state index in [1.54, 1.807) is 11.1 Å². The summed E-state index contributed by atoms with van der Waals surface area (Å²) in [5.41, 5.74) is -0.461. The van der Waals surface area contributed by atoms with Crippen LogP contribution in [0.15, 0.2) is 6.20 Å². The number of hydrogen-bond acceptors (Lipinski definition) is 4. The Labute approximate surface area is 137 Å². The molecule has 7 heteroatoms. The Kier molecular flexibility index (Phi) is 5.02. The molecule has 1 aliphatic rings. The van der Waals surface area contributed by atoms with Crippen molar-refractivity contribution in [2.45, 2.75) is 45.9 Å². The lowest BCUT2D eigenvalue weighted by Crippen LogP contribution is -2.54. The van der Waals surface area contributed by atoms with E-state index in [1.165, 1.54) is 0 Å². The maximum Gasteiger partial charge on any atom is 0.410 e. The number of rotatable bonds is 2. The van der Waals surface area contributed by atoms with Crippen LogP contribution in [0.3, 0.4) is 0 Å². The normalized spacial score (nSPS) is 20.3. The van der Waals surface area contributed by atoms with Crippen LogP contribution in [0.4, 0.5) is 4.79 Å². The second-order valence-electron chi connectivity index (χ2n) is 6.81. The highest BCUT2D eigenvalue weighted by Gasteiger charge is 2.31. The topological polar surface area (TPSA) is 50.6 Å². The lowest BCUT2D eigenvalue weighted by molar-refractivity contribution is 0.000212. The van der Waals surface area contributed by atoms with Crippen molar-refractivity contribution >= 4 is 17.7 Å². The Balaban J connectivity index is 1.92. The van der Waals surface area contributed by atoms with Gasteiger partial charge in [0.2, 0.25) is 0 Å². The van der Waals surface area contributed by atoms with Crippen LogP contribution in [-0.2, 0) is 18.3 Å². The van der Waals surface area contributed by atoms with Gasteiger partial charge in [-0.1, -0.05) is 11.6 Å². The Hall–Kier alpha value is -1.27. The largest absolute Gasteiger partial charge is 0.444 e. The zero-order valence-corrected chi connectivity index (χ0v) is 14.7. The molecule has 1 aliphatic heterocycles. The van der Waals surface area contributed by atoms with E-state index < -0.39 is 5.60 Å². The molecular weight excluding hydrogens is 304 g/mol. The lowest BCUT2D eigenvalue weighted by Gasteiger charge is -2.40. The van der Waals surface area contributed by atoms with Gasteiger partial charge in [0.1, 0.15) is 16.6 Å². The smallest absolute Gasteiger partial charge is 0.410 e. The van der Waals surface area contributed by atoms with E-state index >= 15 is 0 Å². The van der Waals surface area contributed by atoms with Gasteiger partial charge >= 0.3 is 6.09 Å². The van der Waals surface area contributed by atoms with Crippen LogP contribution >= 0.6 is 11.6 Å². The minimum absolute atomic E-state index is 0.111. The van der Waals surface area contributed by atoms with Gasteiger partial charge in [-0.05, 0) is 27.7 Å². The van der Waals surface area contributed by atoms with Gasteiger partial charge in [-0.2, -0.15) is 0 Å². The quantitative estimate of drug-likeness (QED) is 0.837. The van der Waals surface area contributed by atoms with E-state index in [0.29, 0.717) is 11.7 Å². The van der Waals surface area contributed by atoms with E-state index in [4.69, 9.17) is 16.3 Å². The van der Waals surface area contributed by atoms with Gasteiger partial charge < -0.3 is 14.2 Å². The summed E-state index contributed by atoms with van der Waals surface area (Å²) in [5, 5.41) is 0.635. The van der Waals surface area contributed by atoms with Crippen molar-refractivity contribution in [3.8, 4) is 0 Å². The molecule has 2 rings (SSSR count). The third-order valence-corrected chi connectivity index (χ3v) is 4.08. The number of ether oxygens (including phenoxy) is 1. The summed E-state index contributed by atoms with van der Waals surface area (Å²) in [6.07, 6.45) is 1.43. The molecule has 1 fully saturated rings. The Morgan fingerprint density at radius 2 is 2.14 bits per heavy atom. The first-order valence-electron chi connectivity index (χ1n) is 7.55. The predicted octanol–water partition coefficient (Wildman–Crippen LogP) is 2.51. The van der Waals surface area contributed by atoms with Gasteiger partial charge in [-0.25, -0.2) is 9.78 Å². The maximum atomic E-state index is 12.2. The van der Waals surface area contributed by atoms with Crippen LogP contribution in [0, 0.1) is 0 Å². The van der Waals surface area contributed by atoms with Crippen molar-refractivity contribution in [3.05, 3.63) is 17.2 Å². The van der Waals surface area contributed by atoms with Crippen molar-refractivity contribution in [2.24, 2.45) is 7.05 Å². The summed E-state index contributed by atoms with van der Waals surface area (Å²) < 4.78 is 7.34. The van der Waals surface area contributed by atoms with Crippen LogP contribution in [0.5, 0.6) is 0 Å². The lowest BCUT2D eigenvalue weighted by atomic mass is 10.2. The summed E-state index contributed by atoms with van der Waals surface area (Å²) >= 11 is 6.01. The third kappa shape index (κ3) is 4.14. The molecule has 0 radical (unpaired) electrons. The average Bonchev–Trinajstić information content (AvgIpc) is 2.68. The SMILES string of the molecule is C[C@@H]1CN(Cc2ncc(Cl)n2C)CCN1C(=O)OC(C)(C)C. The van der Waals surface area contributed by atoms with Crippen LogP contribution in [-0.4, -0.2) is 56.7 Å². The minimum atomic E-state index is -0.461. The predicted molar refractivity (Wildman–Crippen MR) is 85.9 cm³/mol. The number of piperazine rings is 1. The highest BCUT2D eigenvalue weighted by atomic mass is 35.5. The van der Waals surface area contributed by atoms with Gasteiger partial charge in [0, 0.05) is 32.7 Å². The number of halogens is 1. The molecule has 0 spiro atoms. The summed E-state index contributed by atoms with van der Waals surface area (Å²) in [7, 11) is 1.91. The second kappa shape index (κ2) is 6.46. The molecule has 1 atom stereocenters. The molecule has 6 nitrogen and oxygen atoms in total. The van der Waals surface area contributed by atoms with Crippen LogP contribution in [0.2, 0.25) is 5.15 Å². The van der Waals surface area contributed by atoms with Crippen molar-refractivity contribution in [1.29, 1.82) is 0 Å². The van der Waals surface area contributed by atoms with E-state index in [0.717, 1.165) is 25.5 Å². The molecule has 0 saturated carbocycles. The highest BCUT2D eigenvalue weighted by Crippen LogP contribution is 2.18. The van der Waals surface area contributed by atoms with Gasteiger partial charge in [-0.3, -0.25) is 4.90 Å². The third-order valence-electron chi connectivity index (χ3n) is 3.73. The van der Waals surface area contributed by atoms with E-state index in [2.05, 4.69) is 9.88 Å². The van der Waals surface area contributed by atoms with E-state index in [1.807, 2.05) is 39.3 Å². The molecule has 0 aliphatic carbocycles. The first kappa shape index (κ1) is 17.1. The fourth-order valence-corrected chi connectivity index (χ4v) is 2.69. The van der Waals surface area contributed by atoms with Crippen molar-refractivity contribution in [3.63, 3.8) is 0 Å². The number of imidazole rings is 1. The minimum Gasteiger partial charge on any atom is -0.444 e. The van der Waals surface area contributed by atoms with E-state index in [-0.39, 0.29) is 12.1 Å². The molecule has 124 valence electrons. The van der Waals surface area contributed by atoms with Crippen LogP contribution in [0.1, 0.15) is 33.5 Å². The Bertz CT molecular complexity index is 538. The molecule has 1 amide bonds. The molecule has 1 aromatic heterocycles. The summed E-state index contributed by atoms with van der Waals surface area (Å²) in [6.45, 7) is 10.7. The first-order valence-corrected chi connectivity index (χ1v) is 7.93. The number of amides is 1. The highest BCUT2D eigenvalue weighted by molar-refractivity contribution is 6.29. The molecule has 0 aromatic carbocycles. The molecule has 0 bridgehead atoms. The van der Waals surface area contributed by atoms with Gasteiger partial charge in [0.25, 0.3) is 0 Å². The number of hydrogen-bond donors (Lipinski definition) is 0. The number of aromatic nitrogens is 2. The molecule has 0 N–H and O–H groups in total. The number of nitrogens with zero attached hydrogens (tertiary/aromatic N) is 4. The zero-order valence-electron chi connectivity index (χ0n) is 14.0. The standard InChI is InChI=1S/C15H25ClN4O2/c1-11-9-19(10-13-17-8-12(16)18(13)5)6-7-20(11)14(21)22-15(2,3)4/h8,11H,6-7,9-10H2,1-5H3/t11-/m1/s1. The van der Waals surface area contributed by atoms with Gasteiger partial charge in [-0.15, -0.1) is 0 Å². The molecule has 0 unspecified atom stereocenters. The fourth-order valence-electron chi connectivity index (χ4n) is 2.54. The van der Waals surface area contributed by atoms with Crippen molar-refractivity contribution < 1.29 is 9.53 Å². The molecule has 22 heavy (non-hydrogen) atoms. The molecule has 1 saturated heterocycles. The summed E-state index contributed by atoms with van der Waals surface area (Å²) in [6, 6.07) is 0.111. The van der Waals surface area contributed by atoms with Crippen LogP contribution in [0.25, 0.3) is 0 Å². The first-order chi connectivity index (χ1) is 10.2. The molecule has 2 heterocycles.